The molecule has 0 heterocycles. The topological polar surface area (TPSA) is 37.3 Å². The van der Waals surface area contributed by atoms with E-state index in [4.69, 9.17) is 6.42 Å². The van der Waals surface area contributed by atoms with Crippen LogP contribution in [0.15, 0.2) is 29.8 Å². The van der Waals surface area contributed by atoms with Gasteiger partial charge in [-0.05, 0) is 54.7 Å². The molecule has 0 amide bonds. The highest BCUT2D eigenvalue weighted by Crippen LogP contribution is 2.60. The number of benzene rings is 1. The number of ketones is 1. The first kappa shape index (κ1) is 13.6. The minimum Gasteiger partial charge on any atom is -0.508 e. The Hall–Kier alpha value is -2.01. The van der Waals surface area contributed by atoms with Crippen LogP contribution >= 0.6 is 0 Å². The summed E-state index contributed by atoms with van der Waals surface area (Å²) in [6.45, 7) is 2.28. The fourth-order valence-electron chi connectivity index (χ4n) is 5.18. The van der Waals surface area contributed by atoms with E-state index in [9.17, 15) is 9.90 Å². The zero-order valence-electron chi connectivity index (χ0n) is 12.8. The Morgan fingerprint density at radius 2 is 2.23 bits per heavy atom. The summed E-state index contributed by atoms with van der Waals surface area (Å²) in [5.41, 5.74) is 3.08. The van der Waals surface area contributed by atoms with E-state index in [0.717, 1.165) is 36.0 Å². The fourth-order valence-corrected chi connectivity index (χ4v) is 5.18. The second-order valence-electron chi connectivity index (χ2n) is 7.23. The fraction of sp³-hybridized carbons (Fsp3) is 0.450. The molecule has 112 valence electrons. The van der Waals surface area contributed by atoms with Gasteiger partial charge in [-0.25, -0.2) is 0 Å². The average molecular weight is 292 g/mol. The molecule has 2 nitrogen and oxygen atoms in total. The molecular formula is C20H20O2. The van der Waals surface area contributed by atoms with Crippen LogP contribution in [0.1, 0.15) is 54.4 Å². The number of terminal acetylenes is 1. The summed E-state index contributed by atoms with van der Waals surface area (Å²) in [5, 5.41) is 9.68. The van der Waals surface area contributed by atoms with Crippen molar-refractivity contribution >= 4 is 5.78 Å². The molecule has 3 aliphatic carbocycles. The SMILES string of the molecule is C#CC1=CCC2C3CC(=O)c4cc(O)ccc4C3CC[C@]12C. The number of allylic oxidation sites excluding steroid dienone is 2. The van der Waals surface area contributed by atoms with Crippen molar-refractivity contribution in [1.29, 1.82) is 0 Å². The van der Waals surface area contributed by atoms with E-state index < -0.39 is 0 Å². The third-order valence-electron chi connectivity index (χ3n) is 6.33. The number of aromatic hydroxyl groups is 1. The normalized spacial score (nSPS) is 35.9. The smallest absolute Gasteiger partial charge is 0.163 e. The number of rotatable bonds is 0. The predicted octanol–water partition coefficient (Wildman–Crippen LogP) is 4.06. The van der Waals surface area contributed by atoms with Gasteiger partial charge in [-0.2, -0.15) is 0 Å². The highest BCUT2D eigenvalue weighted by atomic mass is 16.3. The number of fused-ring (bicyclic) bond motifs is 5. The Morgan fingerprint density at radius 3 is 3.00 bits per heavy atom. The number of carbonyl (C=O) groups excluding carboxylic acids is 1. The molecule has 1 saturated carbocycles. The minimum atomic E-state index is 0.0740. The molecule has 3 aliphatic rings. The Kier molecular flexibility index (Phi) is 2.78. The summed E-state index contributed by atoms with van der Waals surface area (Å²) >= 11 is 0. The van der Waals surface area contributed by atoms with E-state index >= 15 is 0 Å². The summed E-state index contributed by atoms with van der Waals surface area (Å²) < 4.78 is 0. The molecule has 0 aromatic heterocycles. The molecule has 4 rings (SSSR count). The van der Waals surface area contributed by atoms with Crippen molar-refractivity contribution in [2.45, 2.75) is 38.5 Å². The second kappa shape index (κ2) is 4.49. The monoisotopic (exact) mass is 292 g/mol. The summed E-state index contributed by atoms with van der Waals surface area (Å²) in [6, 6.07) is 5.30. The molecule has 1 fully saturated rings. The van der Waals surface area contributed by atoms with Crippen LogP contribution < -0.4 is 0 Å². The Bertz CT molecular complexity index is 737. The van der Waals surface area contributed by atoms with Crippen LogP contribution in [0.3, 0.4) is 0 Å². The molecule has 0 saturated heterocycles. The van der Waals surface area contributed by atoms with Crippen molar-refractivity contribution in [2.75, 3.05) is 0 Å². The van der Waals surface area contributed by atoms with E-state index in [1.807, 2.05) is 6.07 Å². The van der Waals surface area contributed by atoms with Crippen LogP contribution in [-0.4, -0.2) is 10.9 Å². The molecule has 2 heteroatoms. The largest absolute Gasteiger partial charge is 0.508 e. The van der Waals surface area contributed by atoms with Gasteiger partial charge in [0.05, 0.1) is 0 Å². The van der Waals surface area contributed by atoms with Crippen molar-refractivity contribution in [3.63, 3.8) is 0 Å². The zero-order chi connectivity index (χ0) is 15.5. The van der Waals surface area contributed by atoms with Crippen LogP contribution in [0.4, 0.5) is 0 Å². The van der Waals surface area contributed by atoms with E-state index in [1.54, 1.807) is 12.1 Å². The molecule has 0 radical (unpaired) electrons. The van der Waals surface area contributed by atoms with E-state index in [0.29, 0.717) is 24.2 Å². The Labute approximate surface area is 131 Å². The van der Waals surface area contributed by atoms with Gasteiger partial charge in [0.1, 0.15) is 5.75 Å². The molecule has 1 N–H and O–H groups in total. The minimum absolute atomic E-state index is 0.0740. The van der Waals surface area contributed by atoms with Gasteiger partial charge in [0.2, 0.25) is 0 Å². The van der Waals surface area contributed by atoms with E-state index in [2.05, 4.69) is 18.9 Å². The number of phenols is 1. The maximum Gasteiger partial charge on any atom is 0.163 e. The lowest BCUT2D eigenvalue weighted by molar-refractivity contribution is 0.0636. The predicted molar refractivity (Wildman–Crippen MR) is 85.6 cm³/mol. The lowest BCUT2D eigenvalue weighted by Gasteiger charge is -2.49. The average Bonchev–Trinajstić information content (AvgIpc) is 2.84. The van der Waals surface area contributed by atoms with Crippen LogP contribution in [0.5, 0.6) is 5.75 Å². The first-order valence-electron chi connectivity index (χ1n) is 8.08. The van der Waals surface area contributed by atoms with Crippen molar-refractivity contribution in [2.24, 2.45) is 17.3 Å². The first-order valence-corrected chi connectivity index (χ1v) is 8.08. The van der Waals surface area contributed by atoms with E-state index in [1.165, 1.54) is 0 Å². The molecule has 1 aromatic rings. The van der Waals surface area contributed by atoms with Crippen LogP contribution in [0.2, 0.25) is 0 Å². The number of carbonyl (C=O) groups is 1. The molecule has 0 bridgehead atoms. The van der Waals surface area contributed by atoms with Gasteiger partial charge in [-0.1, -0.05) is 25.0 Å². The first-order chi connectivity index (χ1) is 10.5. The maximum atomic E-state index is 12.6. The highest BCUT2D eigenvalue weighted by molar-refractivity contribution is 5.99. The van der Waals surface area contributed by atoms with Crippen molar-refractivity contribution in [3.8, 4) is 18.1 Å². The standard InChI is InChI=1S/C20H20O2/c1-3-12-4-7-18-16-11-19(22)17-10-13(21)5-6-14(17)15(16)8-9-20(12,18)2/h1,4-6,10,15-16,18,21H,7-9,11H2,2H3/t15?,16?,18?,20-/m1/s1. The number of Topliss-reactive ketones (excluding diaryl/α,β-unsaturated/α-hetero) is 1. The molecule has 3 unspecified atom stereocenters. The third kappa shape index (κ3) is 1.66. The van der Waals surface area contributed by atoms with Crippen LogP contribution in [-0.2, 0) is 0 Å². The Morgan fingerprint density at radius 1 is 1.41 bits per heavy atom. The van der Waals surface area contributed by atoms with Gasteiger partial charge in [0.15, 0.2) is 5.78 Å². The summed E-state index contributed by atoms with van der Waals surface area (Å²) in [6.07, 6.45) is 11.7. The lowest BCUT2D eigenvalue weighted by atomic mass is 9.54. The van der Waals surface area contributed by atoms with Crippen molar-refractivity contribution in [3.05, 3.63) is 41.0 Å². The van der Waals surface area contributed by atoms with Crippen LogP contribution in [0.25, 0.3) is 0 Å². The maximum absolute atomic E-state index is 12.6. The van der Waals surface area contributed by atoms with Gasteiger partial charge < -0.3 is 5.11 Å². The highest BCUT2D eigenvalue weighted by Gasteiger charge is 2.52. The van der Waals surface area contributed by atoms with Gasteiger partial charge in [-0.3, -0.25) is 4.79 Å². The van der Waals surface area contributed by atoms with Gasteiger partial charge >= 0.3 is 0 Å². The lowest BCUT2D eigenvalue weighted by Crippen LogP contribution is -2.42. The zero-order valence-corrected chi connectivity index (χ0v) is 12.8. The summed E-state index contributed by atoms with van der Waals surface area (Å²) in [4.78, 5) is 12.6. The second-order valence-corrected chi connectivity index (χ2v) is 7.23. The van der Waals surface area contributed by atoms with E-state index in [-0.39, 0.29) is 16.9 Å². The van der Waals surface area contributed by atoms with Crippen molar-refractivity contribution in [1.82, 2.24) is 0 Å². The van der Waals surface area contributed by atoms with Crippen LogP contribution in [0, 0.1) is 29.6 Å². The van der Waals surface area contributed by atoms with Gasteiger partial charge in [0.25, 0.3) is 0 Å². The summed E-state index contributed by atoms with van der Waals surface area (Å²) in [5.74, 6) is 4.52. The molecule has 1 aromatic carbocycles. The molecular weight excluding hydrogens is 272 g/mol. The van der Waals surface area contributed by atoms with Crippen molar-refractivity contribution < 1.29 is 9.90 Å². The molecule has 4 atom stereocenters. The molecule has 0 spiro atoms. The quantitative estimate of drug-likeness (QED) is 0.732. The Balaban J connectivity index is 1.77. The van der Waals surface area contributed by atoms with Gasteiger partial charge in [-0.15, -0.1) is 6.42 Å². The van der Waals surface area contributed by atoms with Gasteiger partial charge in [0, 0.05) is 23.0 Å². The number of hydrogen-bond acceptors (Lipinski definition) is 2. The third-order valence-corrected chi connectivity index (χ3v) is 6.33. The number of phenolic OH excluding ortho intramolecular Hbond substituents is 1. The molecule has 22 heavy (non-hydrogen) atoms. The number of hydrogen-bond donors (Lipinski definition) is 1. The summed E-state index contributed by atoms with van der Waals surface area (Å²) in [7, 11) is 0. The molecule has 0 aliphatic heterocycles.